The molecule has 30 heavy (non-hydrogen) atoms. The van der Waals surface area contributed by atoms with Crippen LogP contribution in [0.5, 0.6) is 0 Å². The van der Waals surface area contributed by atoms with Gasteiger partial charge in [-0.05, 0) is 35.7 Å². The first-order valence-electron chi connectivity index (χ1n) is 10.0. The second-order valence-corrected chi connectivity index (χ2v) is 9.74. The average Bonchev–Trinajstić information content (AvgIpc) is 2.76. The molecular weight excluding hydrogens is 402 g/mol. The zero-order valence-electron chi connectivity index (χ0n) is 17.1. The third-order valence-corrected chi connectivity index (χ3v) is 7.39. The Morgan fingerprint density at radius 3 is 2.30 bits per heavy atom. The van der Waals surface area contributed by atoms with Crippen molar-refractivity contribution in [1.29, 1.82) is 0 Å². The second-order valence-electron chi connectivity index (χ2n) is 7.80. The van der Waals surface area contributed by atoms with Crippen LogP contribution >= 0.6 is 0 Å². The van der Waals surface area contributed by atoms with Crippen LogP contribution in [-0.4, -0.2) is 58.8 Å². The van der Waals surface area contributed by atoms with E-state index >= 15 is 0 Å². The van der Waals surface area contributed by atoms with Crippen molar-refractivity contribution in [3.8, 4) is 0 Å². The van der Waals surface area contributed by atoms with Gasteiger partial charge in [-0.1, -0.05) is 43.3 Å². The Labute approximate surface area is 175 Å². The van der Waals surface area contributed by atoms with E-state index in [0.29, 0.717) is 47.9 Å². The number of piperazine rings is 1. The van der Waals surface area contributed by atoms with Gasteiger partial charge in [0.05, 0.1) is 17.0 Å². The van der Waals surface area contributed by atoms with Gasteiger partial charge in [-0.25, -0.2) is 8.42 Å². The van der Waals surface area contributed by atoms with Crippen LogP contribution in [0.2, 0.25) is 0 Å². The lowest BCUT2D eigenvalue weighted by Crippen LogP contribution is -2.49. The molecule has 0 unspecified atom stereocenters. The van der Waals surface area contributed by atoms with Gasteiger partial charge in [0.2, 0.25) is 10.0 Å². The van der Waals surface area contributed by atoms with Crippen molar-refractivity contribution in [2.45, 2.75) is 31.3 Å². The van der Waals surface area contributed by atoms with E-state index in [4.69, 9.17) is 0 Å². The van der Waals surface area contributed by atoms with Gasteiger partial charge in [-0.15, -0.1) is 5.10 Å². The van der Waals surface area contributed by atoms with Gasteiger partial charge < -0.3 is 0 Å². The fraction of sp³-hybridized carbons (Fsp3) is 0.381. The number of rotatable bonds is 5. The van der Waals surface area contributed by atoms with Gasteiger partial charge in [0.15, 0.2) is 0 Å². The maximum Gasteiger partial charge on any atom is 0.278 e. The number of benzene rings is 2. The van der Waals surface area contributed by atoms with E-state index in [-0.39, 0.29) is 12.2 Å². The lowest BCUT2D eigenvalue weighted by Gasteiger charge is -2.33. The summed E-state index contributed by atoms with van der Waals surface area (Å²) in [7, 11) is -3.53. The number of fused-ring (bicyclic) bond motifs is 1. The van der Waals surface area contributed by atoms with Crippen molar-refractivity contribution in [2.24, 2.45) is 0 Å². The van der Waals surface area contributed by atoms with E-state index in [0.717, 1.165) is 5.56 Å². The Morgan fingerprint density at radius 2 is 1.63 bits per heavy atom. The zero-order chi connectivity index (χ0) is 21.3. The average molecular weight is 428 g/mol. The normalized spacial score (nSPS) is 16.4. The molecule has 0 N–H and O–H groups in total. The molecule has 0 spiro atoms. The summed E-state index contributed by atoms with van der Waals surface area (Å²) in [6, 6.07) is 14.2. The molecule has 4 rings (SSSR count). The lowest BCUT2D eigenvalue weighted by atomic mass is 10.0. The van der Waals surface area contributed by atoms with Crippen molar-refractivity contribution in [2.75, 3.05) is 26.2 Å². The van der Waals surface area contributed by atoms with Crippen molar-refractivity contribution < 1.29 is 8.42 Å². The summed E-state index contributed by atoms with van der Waals surface area (Å²) >= 11 is 0. The van der Waals surface area contributed by atoms with Crippen molar-refractivity contribution >= 4 is 20.9 Å². The first kappa shape index (κ1) is 20.6. The van der Waals surface area contributed by atoms with E-state index in [1.54, 1.807) is 30.3 Å². The van der Waals surface area contributed by atoms with Gasteiger partial charge in [0, 0.05) is 26.2 Å². The fourth-order valence-corrected chi connectivity index (χ4v) is 5.01. The van der Waals surface area contributed by atoms with Crippen LogP contribution in [0.1, 0.15) is 25.3 Å². The molecule has 0 atom stereocenters. The maximum absolute atomic E-state index is 13.0. The molecule has 1 fully saturated rings. The van der Waals surface area contributed by atoms with Gasteiger partial charge in [-0.2, -0.15) is 8.99 Å². The van der Waals surface area contributed by atoms with E-state index in [1.807, 2.05) is 23.1 Å². The summed E-state index contributed by atoms with van der Waals surface area (Å²) in [4.78, 5) is 14.9. The summed E-state index contributed by atoms with van der Waals surface area (Å²) in [5, 5.41) is 8.65. The van der Waals surface area contributed by atoms with Crippen LogP contribution in [-0.2, 0) is 16.7 Å². The molecular formula is C21H25N5O3S. The lowest BCUT2D eigenvalue weighted by molar-refractivity contribution is 0.141. The summed E-state index contributed by atoms with van der Waals surface area (Å²) in [6.07, 6.45) is 0. The number of hydrogen-bond acceptors (Lipinski definition) is 6. The van der Waals surface area contributed by atoms with Gasteiger partial charge in [0.25, 0.3) is 5.56 Å². The Kier molecular flexibility index (Phi) is 5.68. The molecule has 1 aliphatic rings. The van der Waals surface area contributed by atoms with Crippen molar-refractivity contribution in [1.82, 2.24) is 24.2 Å². The number of nitrogens with zero attached hydrogens (tertiary/aromatic N) is 5. The Hall–Kier alpha value is -2.62. The third-order valence-electron chi connectivity index (χ3n) is 5.48. The van der Waals surface area contributed by atoms with Crippen LogP contribution in [0.3, 0.4) is 0 Å². The largest absolute Gasteiger partial charge is 0.282 e. The molecule has 0 aliphatic carbocycles. The molecule has 0 radical (unpaired) electrons. The van der Waals surface area contributed by atoms with Gasteiger partial charge in [-0.3, -0.25) is 9.69 Å². The molecule has 9 heteroatoms. The van der Waals surface area contributed by atoms with E-state index < -0.39 is 10.0 Å². The van der Waals surface area contributed by atoms with Crippen molar-refractivity contribution in [3.63, 3.8) is 0 Å². The smallest absolute Gasteiger partial charge is 0.278 e. The molecule has 1 aliphatic heterocycles. The quantitative estimate of drug-likeness (QED) is 0.618. The molecule has 0 bridgehead atoms. The van der Waals surface area contributed by atoms with Crippen LogP contribution in [0.4, 0.5) is 0 Å². The first-order valence-corrected chi connectivity index (χ1v) is 11.5. The second kappa shape index (κ2) is 8.25. The highest BCUT2D eigenvalue weighted by atomic mass is 32.2. The summed E-state index contributed by atoms with van der Waals surface area (Å²) in [5.74, 6) is 0.354. The molecule has 1 saturated heterocycles. The van der Waals surface area contributed by atoms with Crippen LogP contribution in [0.25, 0.3) is 10.9 Å². The minimum Gasteiger partial charge on any atom is -0.282 e. The molecule has 0 saturated carbocycles. The maximum atomic E-state index is 13.0. The Bertz CT molecular complexity index is 1200. The predicted octanol–water partition coefficient (Wildman–Crippen LogP) is 1.88. The van der Waals surface area contributed by atoms with Gasteiger partial charge >= 0.3 is 0 Å². The highest BCUT2D eigenvalue weighted by Crippen LogP contribution is 2.21. The predicted molar refractivity (Wildman–Crippen MR) is 115 cm³/mol. The zero-order valence-corrected chi connectivity index (χ0v) is 17.9. The number of hydrogen-bond donors (Lipinski definition) is 0. The molecule has 8 nitrogen and oxygen atoms in total. The highest BCUT2D eigenvalue weighted by molar-refractivity contribution is 7.89. The third kappa shape index (κ3) is 4.00. The first-order chi connectivity index (χ1) is 14.4. The monoisotopic (exact) mass is 427 g/mol. The Morgan fingerprint density at radius 1 is 0.967 bits per heavy atom. The van der Waals surface area contributed by atoms with Crippen molar-refractivity contribution in [3.05, 3.63) is 64.4 Å². The summed E-state index contributed by atoms with van der Waals surface area (Å²) in [6.45, 7) is 6.21. The van der Waals surface area contributed by atoms with Crippen LogP contribution in [0.15, 0.2) is 58.2 Å². The molecule has 3 aromatic rings. The van der Waals surface area contributed by atoms with E-state index in [2.05, 4.69) is 24.2 Å². The van der Waals surface area contributed by atoms with Gasteiger partial charge in [0.1, 0.15) is 5.52 Å². The molecule has 2 aromatic carbocycles. The number of sulfonamides is 1. The molecule has 158 valence electrons. The fourth-order valence-electron chi connectivity index (χ4n) is 3.59. The topological polar surface area (TPSA) is 88.4 Å². The Balaban J connectivity index is 1.43. The minimum atomic E-state index is -3.53. The van der Waals surface area contributed by atoms with E-state index in [9.17, 15) is 13.2 Å². The standard InChI is InChI=1S/C21H25N5O3S/c1-16(2)17-7-9-18(10-8-17)30(28,29)25-13-11-24(12-14-25)15-26-21(27)19-5-3-4-6-20(19)22-23-26/h3-10,16H,11-15H2,1-2H3. The minimum absolute atomic E-state index is 0.194. The van der Waals surface area contributed by atoms with Crippen LogP contribution in [0, 0.1) is 0 Å². The summed E-state index contributed by atoms with van der Waals surface area (Å²) in [5.41, 5.74) is 1.49. The SMILES string of the molecule is CC(C)c1ccc(S(=O)(=O)N2CCN(Cn3nnc4ccccc4c3=O)CC2)cc1. The van der Waals surface area contributed by atoms with Crippen LogP contribution < -0.4 is 5.56 Å². The molecule has 2 heterocycles. The summed E-state index contributed by atoms with van der Waals surface area (Å²) < 4.78 is 28.8. The molecule has 0 amide bonds. The highest BCUT2D eigenvalue weighted by Gasteiger charge is 2.28. The van der Waals surface area contributed by atoms with E-state index in [1.165, 1.54) is 8.99 Å². The number of aromatic nitrogens is 3. The molecule has 1 aromatic heterocycles.